The second-order valence-electron chi connectivity index (χ2n) is 14.8. The van der Waals surface area contributed by atoms with Gasteiger partial charge in [0.25, 0.3) is 0 Å². The van der Waals surface area contributed by atoms with E-state index >= 15 is 0 Å². The molecule has 0 aliphatic heterocycles. The lowest BCUT2D eigenvalue weighted by atomic mass is 9.71. The summed E-state index contributed by atoms with van der Waals surface area (Å²) in [6, 6.07) is 53.2. The van der Waals surface area contributed by atoms with Gasteiger partial charge < -0.3 is 23.7 Å². The summed E-state index contributed by atoms with van der Waals surface area (Å²) >= 11 is 0. The highest BCUT2D eigenvalue weighted by atomic mass is 16.5. The molecule has 0 aromatic heterocycles. The molecule has 4 unspecified atom stereocenters. The molecule has 0 fully saturated rings. The standard InChI is InChI=1S/C52H54O5/c1-7-51(5,41-27-31-43(32-28-41)53-9-3)49(37-39-19-17-25-47(35-39)55-45-21-13-11-14-22-45)57-50(52(6,8-2)42-29-33-44(34-30-42)54-10-4)38-40-20-18-26-48(36-40)56-46-23-15-12-16-24-46/h9-36,49-50H,3-4,7-8,37-38H2,1-2,5-6H3. The van der Waals surface area contributed by atoms with Crippen LogP contribution in [-0.2, 0) is 28.4 Å². The van der Waals surface area contributed by atoms with E-state index in [2.05, 4.69) is 102 Å². The van der Waals surface area contributed by atoms with Crippen LogP contribution in [0.3, 0.4) is 0 Å². The van der Waals surface area contributed by atoms with Crippen molar-refractivity contribution >= 4 is 0 Å². The quantitative estimate of drug-likeness (QED) is 0.0726. The monoisotopic (exact) mass is 758 g/mol. The minimum atomic E-state index is -0.393. The summed E-state index contributed by atoms with van der Waals surface area (Å²) in [5.41, 5.74) is 3.81. The minimum absolute atomic E-state index is 0.247. The highest BCUT2D eigenvalue weighted by Crippen LogP contribution is 2.42. The third-order valence-corrected chi connectivity index (χ3v) is 11.3. The number of hydrogen-bond acceptors (Lipinski definition) is 5. The maximum absolute atomic E-state index is 7.77. The Morgan fingerprint density at radius 1 is 0.456 bits per heavy atom. The molecular formula is C52H54O5. The van der Waals surface area contributed by atoms with Crippen LogP contribution in [0.15, 0.2) is 183 Å². The van der Waals surface area contributed by atoms with Crippen molar-refractivity contribution in [2.75, 3.05) is 0 Å². The Morgan fingerprint density at radius 3 is 1.18 bits per heavy atom. The van der Waals surface area contributed by atoms with Gasteiger partial charge in [-0.05, 0) is 121 Å². The maximum atomic E-state index is 7.77. The van der Waals surface area contributed by atoms with Crippen molar-refractivity contribution in [1.82, 2.24) is 0 Å². The SMILES string of the molecule is C=COc1ccc(C(C)(CC)C(Cc2cccc(Oc3ccccc3)c2)OC(Cc2cccc(Oc3ccccc3)c2)C(C)(CC)c2ccc(OC=C)cc2)cc1. The van der Waals surface area contributed by atoms with Gasteiger partial charge in [-0.25, -0.2) is 0 Å². The largest absolute Gasteiger partial charge is 0.466 e. The van der Waals surface area contributed by atoms with E-state index in [1.165, 1.54) is 23.7 Å². The fourth-order valence-corrected chi connectivity index (χ4v) is 7.45. The third kappa shape index (κ3) is 10.2. The van der Waals surface area contributed by atoms with Crippen molar-refractivity contribution in [3.8, 4) is 34.5 Å². The predicted molar refractivity (Wildman–Crippen MR) is 232 cm³/mol. The molecule has 0 saturated heterocycles. The van der Waals surface area contributed by atoms with Gasteiger partial charge in [0.15, 0.2) is 0 Å². The summed E-state index contributed by atoms with van der Waals surface area (Å²) in [7, 11) is 0. The normalized spacial score (nSPS) is 14.2. The molecular weight excluding hydrogens is 705 g/mol. The molecule has 6 rings (SSSR count). The van der Waals surface area contributed by atoms with Crippen LogP contribution in [0.4, 0.5) is 0 Å². The van der Waals surface area contributed by atoms with Gasteiger partial charge >= 0.3 is 0 Å². The van der Waals surface area contributed by atoms with E-state index in [9.17, 15) is 0 Å². The van der Waals surface area contributed by atoms with Crippen LogP contribution in [0.1, 0.15) is 62.8 Å². The van der Waals surface area contributed by atoms with E-state index in [4.69, 9.17) is 23.7 Å². The van der Waals surface area contributed by atoms with Crippen LogP contribution in [-0.4, -0.2) is 12.2 Å². The second-order valence-corrected chi connectivity index (χ2v) is 14.8. The Morgan fingerprint density at radius 2 is 0.825 bits per heavy atom. The molecule has 5 heteroatoms. The first-order valence-electron chi connectivity index (χ1n) is 19.8. The van der Waals surface area contributed by atoms with Gasteiger partial charge in [-0.2, -0.15) is 0 Å². The van der Waals surface area contributed by atoms with Gasteiger partial charge in [-0.3, -0.25) is 0 Å². The zero-order chi connectivity index (χ0) is 40.1. The summed E-state index contributed by atoms with van der Waals surface area (Å²) in [6.07, 6.45) is 5.40. The van der Waals surface area contributed by atoms with Crippen molar-refractivity contribution < 1.29 is 23.7 Å². The van der Waals surface area contributed by atoms with Crippen LogP contribution >= 0.6 is 0 Å². The first kappa shape index (κ1) is 40.6. The molecule has 0 aliphatic carbocycles. The average Bonchev–Trinajstić information content (AvgIpc) is 3.24. The van der Waals surface area contributed by atoms with Gasteiger partial charge in [-0.15, -0.1) is 0 Å². The topological polar surface area (TPSA) is 46.2 Å². The van der Waals surface area contributed by atoms with Crippen LogP contribution in [0.5, 0.6) is 34.5 Å². The van der Waals surface area contributed by atoms with E-state index < -0.39 is 10.8 Å². The summed E-state index contributed by atoms with van der Waals surface area (Å²) < 4.78 is 31.7. The number of ether oxygens (including phenoxy) is 5. The minimum Gasteiger partial charge on any atom is -0.466 e. The van der Waals surface area contributed by atoms with Gasteiger partial charge in [0.2, 0.25) is 0 Å². The Labute approximate surface area is 339 Å². The lowest BCUT2D eigenvalue weighted by molar-refractivity contribution is -0.0840. The van der Waals surface area contributed by atoms with Crippen molar-refractivity contribution in [2.24, 2.45) is 0 Å². The molecule has 0 heterocycles. The van der Waals surface area contributed by atoms with E-state index in [1.54, 1.807) is 0 Å². The molecule has 0 saturated carbocycles. The molecule has 0 aliphatic rings. The van der Waals surface area contributed by atoms with Crippen molar-refractivity contribution in [2.45, 2.75) is 76.4 Å². The molecule has 57 heavy (non-hydrogen) atoms. The Balaban J connectivity index is 1.43. The molecule has 5 nitrogen and oxygen atoms in total. The van der Waals surface area contributed by atoms with E-state index in [-0.39, 0.29) is 12.2 Å². The van der Waals surface area contributed by atoms with E-state index in [0.29, 0.717) is 12.8 Å². The smallest absolute Gasteiger partial charge is 0.127 e. The van der Waals surface area contributed by atoms with Crippen molar-refractivity contribution in [3.05, 3.63) is 206 Å². The molecule has 0 bridgehead atoms. The third-order valence-electron chi connectivity index (χ3n) is 11.3. The van der Waals surface area contributed by atoms with Gasteiger partial charge in [0.1, 0.15) is 34.5 Å². The first-order valence-corrected chi connectivity index (χ1v) is 19.8. The Hall–Kier alpha value is -6.04. The van der Waals surface area contributed by atoms with Crippen LogP contribution < -0.4 is 18.9 Å². The molecule has 0 radical (unpaired) electrons. The van der Waals surface area contributed by atoms with Crippen LogP contribution in [0.25, 0.3) is 0 Å². The summed E-state index contributed by atoms with van der Waals surface area (Å²) in [5.74, 6) is 4.65. The van der Waals surface area contributed by atoms with Crippen molar-refractivity contribution in [1.29, 1.82) is 0 Å². The average molecular weight is 759 g/mol. The Bertz CT molecular complexity index is 2010. The van der Waals surface area contributed by atoms with Crippen molar-refractivity contribution in [3.63, 3.8) is 0 Å². The molecule has 0 spiro atoms. The molecule has 4 atom stereocenters. The Kier molecular flexibility index (Phi) is 13.7. The van der Waals surface area contributed by atoms with Gasteiger partial charge in [0, 0.05) is 10.8 Å². The summed E-state index contributed by atoms with van der Waals surface area (Å²) in [5, 5.41) is 0. The van der Waals surface area contributed by atoms with E-state index in [0.717, 1.165) is 58.5 Å². The first-order chi connectivity index (χ1) is 27.8. The lowest BCUT2D eigenvalue weighted by Gasteiger charge is -2.45. The zero-order valence-electron chi connectivity index (χ0n) is 33.6. The number of hydrogen-bond donors (Lipinski definition) is 0. The number of rotatable bonds is 20. The van der Waals surface area contributed by atoms with Gasteiger partial charge in [-0.1, -0.05) is 126 Å². The maximum Gasteiger partial charge on any atom is 0.127 e. The van der Waals surface area contributed by atoms with Gasteiger partial charge in [0.05, 0.1) is 24.7 Å². The molecule has 0 amide bonds. The number of para-hydroxylation sites is 2. The summed E-state index contributed by atoms with van der Waals surface area (Å²) in [4.78, 5) is 0. The lowest BCUT2D eigenvalue weighted by Crippen LogP contribution is -2.48. The van der Waals surface area contributed by atoms with Crippen LogP contribution in [0, 0.1) is 0 Å². The summed E-state index contributed by atoms with van der Waals surface area (Å²) in [6.45, 7) is 16.6. The fraction of sp³-hybridized carbons (Fsp3) is 0.231. The van der Waals surface area contributed by atoms with E-state index in [1.807, 2.05) is 97.1 Å². The highest BCUT2D eigenvalue weighted by Gasteiger charge is 2.42. The zero-order valence-corrected chi connectivity index (χ0v) is 33.6. The molecule has 6 aromatic rings. The number of benzene rings is 6. The molecule has 292 valence electrons. The fourth-order valence-electron chi connectivity index (χ4n) is 7.45. The highest BCUT2D eigenvalue weighted by molar-refractivity contribution is 5.39. The molecule has 0 N–H and O–H groups in total. The van der Waals surface area contributed by atoms with Crippen LogP contribution in [0.2, 0.25) is 0 Å². The predicted octanol–water partition coefficient (Wildman–Crippen LogP) is 13.6. The second kappa shape index (κ2) is 19.2. The molecule has 6 aromatic carbocycles.